The first-order chi connectivity index (χ1) is 14.2. The van der Waals surface area contributed by atoms with Crippen molar-refractivity contribution in [2.24, 2.45) is 0 Å². The van der Waals surface area contributed by atoms with E-state index in [1.54, 1.807) is 18.2 Å². The number of nitro groups is 1. The Morgan fingerprint density at radius 1 is 1.27 bits per heavy atom. The number of carbonyl (C=O) groups is 1. The van der Waals surface area contributed by atoms with Gasteiger partial charge in [0, 0.05) is 12.1 Å². The quantitative estimate of drug-likeness (QED) is 0.518. The summed E-state index contributed by atoms with van der Waals surface area (Å²) in [6.45, 7) is 1.74. The lowest BCUT2D eigenvalue weighted by atomic mass is 10.2. The number of nitrogens with one attached hydrogen (secondary N) is 1. The number of anilines is 1. The van der Waals surface area contributed by atoms with Gasteiger partial charge in [0.1, 0.15) is 18.8 Å². The zero-order chi connectivity index (χ0) is 21.9. The van der Waals surface area contributed by atoms with Gasteiger partial charge in [0.05, 0.1) is 23.4 Å². The van der Waals surface area contributed by atoms with Crippen molar-refractivity contribution in [2.45, 2.75) is 19.1 Å². The topological polar surface area (TPSA) is 128 Å². The lowest BCUT2D eigenvalue weighted by Gasteiger charge is -2.30. The predicted octanol–water partition coefficient (Wildman–Crippen LogP) is 1.71. The first-order valence-electron chi connectivity index (χ1n) is 9.07. The van der Waals surface area contributed by atoms with Gasteiger partial charge in [0.25, 0.3) is 5.69 Å². The van der Waals surface area contributed by atoms with Crippen molar-refractivity contribution in [3.05, 3.63) is 58.6 Å². The van der Waals surface area contributed by atoms with Gasteiger partial charge in [-0.3, -0.25) is 19.2 Å². The van der Waals surface area contributed by atoms with E-state index in [-0.39, 0.29) is 24.5 Å². The van der Waals surface area contributed by atoms with Crippen molar-refractivity contribution in [3.8, 4) is 11.5 Å². The number of rotatable bonds is 7. The van der Waals surface area contributed by atoms with E-state index in [1.807, 2.05) is 6.07 Å². The van der Waals surface area contributed by atoms with Gasteiger partial charge >= 0.3 is 0 Å². The predicted molar refractivity (Wildman–Crippen MR) is 109 cm³/mol. The molecule has 10 nitrogen and oxygen atoms in total. The molecule has 1 amide bonds. The number of hydrogen-bond donors (Lipinski definition) is 1. The summed E-state index contributed by atoms with van der Waals surface area (Å²) < 4.78 is 36.9. The molecule has 0 aromatic heterocycles. The van der Waals surface area contributed by atoms with E-state index >= 15 is 0 Å². The number of carbonyl (C=O) groups excluding carboxylic acids is 1. The lowest BCUT2D eigenvalue weighted by Crippen LogP contribution is -2.50. The highest BCUT2D eigenvalue weighted by atomic mass is 32.2. The zero-order valence-corrected chi connectivity index (χ0v) is 17.2. The van der Waals surface area contributed by atoms with Crippen molar-refractivity contribution in [1.82, 2.24) is 5.32 Å². The molecule has 1 aliphatic heterocycles. The first kappa shape index (κ1) is 21.4. The second-order valence-electron chi connectivity index (χ2n) is 6.75. The largest absolute Gasteiger partial charge is 0.486 e. The number of benzene rings is 2. The molecule has 0 saturated carbocycles. The highest BCUT2D eigenvalue weighted by Gasteiger charge is 2.31. The van der Waals surface area contributed by atoms with Crippen LogP contribution in [0.4, 0.5) is 11.4 Å². The standard InChI is InChI=1S/C19H21N3O7S/c1-13(21(30(2,26)27)14-6-5-7-15(10-14)22(24)25)19(23)20-11-16-12-28-17-8-3-4-9-18(17)29-16/h3-10,13,16H,11-12H2,1-2H3,(H,20,23)/t13-,16-/m1/s1. The Hall–Kier alpha value is -3.34. The second-order valence-corrected chi connectivity index (χ2v) is 8.61. The fraction of sp³-hybridized carbons (Fsp3) is 0.316. The average Bonchev–Trinajstić information content (AvgIpc) is 2.71. The van der Waals surface area contributed by atoms with Crippen LogP contribution in [0.5, 0.6) is 11.5 Å². The molecule has 0 spiro atoms. The van der Waals surface area contributed by atoms with Crippen LogP contribution in [0.1, 0.15) is 6.92 Å². The van der Waals surface area contributed by atoms with Crippen molar-refractivity contribution < 1.29 is 27.6 Å². The molecule has 0 aliphatic carbocycles. The number of amides is 1. The van der Waals surface area contributed by atoms with Crippen LogP contribution in [0.25, 0.3) is 0 Å². The normalized spacial score (nSPS) is 16.4. The van der Waals surface area contributed by atoms with E-state index in [1.165, 1.54) is 25.1 Å². The molecule has 3 rings (SSSR count). The van der Waals surface area contributed by atoms with Crippen LogP contribution in [0.3, 0.4) is 0 Å². The third-order valence-corrected chi connectivity index (χ3v) is 5.70. The summed E-state index contributed by atoms with van der Waals surface area (Å²) in [4.78, 5) is 23.1. The Labute approximate surface area is 173 Å². The van der Waals surface area contributed by atoms with Gasteiger partial charge in [-0.25, -0.2) is 8.42 Å². The number of non-ortho nitro benzene ring substituents is 1. The first-order valence-corrected chi connectivity index (χ1v) is 10.9. The molecule has 1 aliphatic rings. The lowest BCUT2D eigenvalue weighted by molar-refractivity contribution is -0.384. The van der Waals surface area contributed by atoms with Crippen molar-refractivity contribution in [1.29, 1.82) is 0 Å². The smallest absolute Gasteiger partial charge is 0.271 e. The Kier molecular flexibility index (Phi) is 6.11. The van der Waals surface area contributed by atoms with Gasteiger partial charge in [-0.1, -0.05) is 18.2 Å². The van der Waals surface area contributed by atoms with Gasteiger partial charge in [0.2, 0.25) is 15.9 Å². The molecule has 0 unspecified atom stereocenters. The number of hydrogen-bond acceptors (Lipinski definition) is 7. The summed E-state index contributed by atoms with van der Waals surface area (Å²) in [6, 6.07) is 11.1. The van der Waals surface area contributed by atoms with E-state index in [9.17, 15) is 23.3 Å². The molecule has 0 radical (unpaired) electrons. The Morgan fingerprint density at radius 3 is 2.63 bits per heavy atom. The molecule has 0 saturated heterocycles. The van der Waals surface area contributed by atoms with Crippen LogP contribution in [-0.4, -0.2) is 50.8 Å². The molecule has 0 bridgehead atoms. The minimum atomic E-state index is -3.89. The van der Waals surface area contributed by atoms with Gasteiger partial charge in [-0.05, 0) is 25.1 Å². The molecular formula is C19H21N3O7S. The van der Waals surface area contributed by atoms with Crippen LogP contribution in [0, 0.1) is 10.1 Å². The molecule has 0 fully saturated rings. The van der Waals surface area contributed by atoms with Crippen molar-refractivity contribution in [2.75, 3.05) is 23.7 Å². The van der Waals surface area contributed by atoms with E-state index < -0.39 is 33.0 Å². The summed E-state index contributed by atoms with van der Waals surface area (Å²) in [7, 11) is -3.89. The van der Waals surface area contributed by atoms with E-state index in [2.05, 4.69) is 5.32 Å². The fourth-order valence-corrected chi connectivity index (χ4v) is 4.24. The van der Waals surface area contributed by atoms with Crippen LogP contribution in [0.15, 0.2) is 48.5 Å². The van der Waals surface area contributed by atoms with Gasteiger partial charge < -0.3 is 14.8 Å². The minimum absolute atomic E-state index is 0.0283. The molecule has 2 aromatic carbocycles. The third-order valence-electron chi connectivity index (χ3n) is 4.46. The summed E-state index contributed by atoms with van der Waals surface area (Å²) >= 11 is 0. The van der Waals surface area contributed by atoms with Crippen LogP contribution >= 0.6 is 0 Å². The van der Waals surface area contributed by atoms with Crippen LogP contribution < -0.4 is 19.1 Å². The van der Waals surface area contributed by atoms with E-state index in [0.717, 1.165) is 16.6 Å². The van der Waals surface area contributed by atoms with Gasteiger partial charge in [0.15, 0.2) is 11.5 Å². The highest BCUT2D eigenvalue weighted by Crippen LogP contribution is 2.30. The maximum Gasteiger partial charge on any atom is 0.271 e. The number of nitrogens with zero attached hydrogens (tertiary/aromatic N) is 2. The molecular weight excluding hydrogens is 414 g/mol. The van der Waals surface area contributed by atoms with Crippen molar-refractivity contribution in [3.63, 3.8) is 0 Å². The Bertz CT molecular complexity index is 1060. The molecule has 2 aromatic rings. The van der Waals surface area contributed by atoms with Gasteiger partial charge in [-0.2, -0.15) is 0 Å². The second kappa shape index (κ2) is 8.57. The fourth-order valence-electron chi connectivity index (χ4n) is 3.08. The molecule has 1 N–H and O–H groups in total. The van der Waals surface area contributed by atoms with Crippen LogP contribution in [0.2, 0.25) is 0 Å². The Morgan fingerprint density at radius 2 is 1.97 bits per heavy atom. The summed E-state index contributed by atoms with van der Waals surface area (Å²) in [6.07, 6.45) is 0.491. The van der Waals surface area contributed by atoms with Crippen LogP contribution in [-0.2, 0) is 14.8 Å². The molecule has 30 heavy (non-hydrogen) atoms. The zero-order valence-electron chi connectivity index (χ0n) is 16.3. The monoisotopic (exact) mass is 435 g/mol. The van der Waals surface area contributed by atoms with E-state index in [4.69, 9.17) is 9.47 Å². The summed E-state index contributed by atoms with van der Waals surface area (Å²) in [5.41, 5.74) is -0.249. The van der Waals surface area contributed by atoms with E-state index in [0.29, 0.717) is 11.5 Å². The minimum Gasteiger partial charge on any atom is -0.486 e. The molecule has 11 heteroatoms. The molecule has 2 atom stereocenters. The molecule has 160 valence electrons. The van der Waals surface area contributed by atoms with Gasteiger partial charge in [-0.15, -0.1) is 0 Å². The average molecular weight is 435 g/mol. The van der Waals surface area contributed by atoms with Crippen molar-refractivity contribution >= 4 is 27.3 Å². The number of sulfonamides is 1. The summed E-state index contributed by atoms with van der Waals surface area (Å²) in [5, 5.41) is 13.7. The Balaban J connectivity index is 1.71. The number of ether oxygens (including phenoxy) is 2. The summed E-state index contributed by atoms with van der Waals surface area (Å²) in [5.74, 6) is 0.599. The maximum atomic E-state index is 12.7. The maximum absolute atomic E-state index is 12.7. The number of para-hydroxylation sites is 2. The molecule has 1 heterocycles. The SMILES string of the molecule is C[C@H](C(=O)NC[C@@H]1COc2ccccc2O1)N(c1cccc([N+](=O)[O-])c1)S(C)(=O)=O. The number of nitro benzene ring substituents is 1. The third kappa shape index (κ3) is 4.79. The highest BCUT2D eigenvalue weighted by molar-refractivity contribution is 7.92. The number of fused-ring (bicyclic) bond motifs is 1.